The second-order valence-corrected chi connectivity index (χ2v) is 4.58. The molecule has 0 radical (unpaired) electrons. The minimum absolute atomic E-state index is 0.131. The van der Waals surface area contributed by atoms with E-state index in [-0.39, 0.29) is 5.56 Å². The zero-order valence-electron chi connectivity index (χ0n) is 9.59. The monoisotopic (exact) mass is 272 g/mol. The lowest BCUT2D eigenvalue weighted by Gasteiger charge is -1.98. The Labute approximate surface area is 112 Å². The van der Waals surface area contributed by atoms with Gasteiger partial charge in [0.05, 0.1) is 5.69 Å². The van der Waals surface area contributed by atoms with Gasteiger partial charge >= 0.3 is 5.97 Å². The van der Waals surface area contributed by atoms with Gasteiger partial charge in [0, 0.05) is 30.2 Å². The predicted molar refractivity (Wildman–Crippen MR) is 69.4 cm³/mol. The van der Waals surface area contributed by atoms with Gasteiger partial charge in [-0.25, -0.2) is 14.5 Å². The SMILES string of the molecule is O=C(O)c1cn(-c2ccncc2)nc1-c1nccs1. The highest BCUT2D eigenvalue weighted by Gasteiger charge is 2.19. The van der Waals surface area contributed by atoms with Gasteiger partial charge < -0.3 is 5.11 Å². The Kier molecular flexibility index (Phi) is 2.81. The van der Waals surface area contributed by atoms with Gasteiger partial charge in [0.25, 0.3) is 0 Å². The van der Waals surface area contributed by atoms with E-state index in [2.05, 4.69) is 15.1 Å². The molecule has 0 amide bonds. The number of carbonyl (C=O) groups is 1. The topological polar surface area (TPSA) is 80.9 Å². The lowest BCUT2D eigenvalue weighted by Crippen LogP contribution is -1.96. The molecule has 0 aliphatic rings. The number of aromatic carboxylic acids is 1. The van der Waals surface area contributed by atoms with Crippen LogP contribution in [0.5, 0.6) is 0 Å². The van der Waals surface area contributed by atoms with Gasteiger partial charge in [-0.1, -0.05) is 0 Å². The van der Waals surface area contributed by atoms with Crippen LogP contribution in [0.2, 0.25) is 0 Å². The van der Waals surface area contributed by atoms with Crippen molar-refractivity contribution in [1.82, 2.24) is 19.7 Å². The standard InChI is InChI=1S/C12H8N4O2S/c17-12(18)9-7-16(8-1-3-13-4-2-8)15-10(9)11-14-5-6-19-11/h1-7H,(H,17,18). The van der Waals surface area contributed by atoms with Crippen molar-refractivity contribution >= 4 is 17.3 Å². The summed E-state index contributed by atoms with van der Waals surface area (Å²) in [7, 11) is 0. The van der Waals surface area contributed by atoms with Gasteiger partial charge in [0.15, 0.2) is 0 Å². The van der Waals surface area contributed by atoms with E-state index in [9.17, 15) is 9.90 Å². The summed E-state index contributed by atoms with van der Waals surface area (Å²) < 4.78 is 1.52. The number of nitrogens with zero attached hydrogens (tertiary/aromatic N) is 4. The summed E-state index contributed by atoms with van der Waals surface area (Å²) in [4.78, 5) is 19.3. The number of rotatable bonds is 3. The van der Waals surface area contributed by atoms with E-state index in [0.717, 1.165) is 5.69 Å². The second kappa shape index (κ2) is 4.62. The van der Waals surface area contributed by atoms with Crippen LogP contribution in [0.3, 0.4) is 0 Å². The second-order valence-electron chi connectivity index (χ2n) is 3.68. The van der Waals surface area contributed by atoms with Crippen LogP contribution in [0.25, 0.3) is 16.4 Å². The van der Waals surface area contributed by atoms with Crippen LogP contribution >= 0.6 is 11.3 Å². The highest BCUT2D eigenvalue weighted by Crippen LogP contribution is 2.25. The third kappa shape index (κ3) is 2.11. The summed E-state index contributed by atoms with van der Waals surface area (Å²) in [6.07, 6.45) is 6.35. The van der Waals surface area contributed by atoms with Crippen LogP contribution in [0, 0.1) is 0 Å². The lowest BCUT2D eigenvalue weighted by atomic mass is 10.2. The fraction of sp³-hybridized carbons (Fsp3) is 0. The Hall–Kier alpha value is -2.54. The molecule has 0 saturated carbocycles. The molecule has 94 valence electrons. The Bertz CT molecular complexity index is 707. The maximum absolute atomic E-state index is 11.3. The summed E-state index contributed by atoms with van der Waals surface area (Å²) in [6, 6.07) is 3.51. The summed E-state index contributed by atoms with van der Waals surface area (Å²) in [6.45, 7) is 0. The molecule has 7 heteroatoms. The molecule has 0 bridgehead atoms. The first-order valence-electron chi connectivity index (χ1n) is 5.39. The first-order valence-corrected chi connectivity index (χ1v) is 6.27. The van der Waals surface area contributed by atoms with Gasteiger partial charge in [-0.15, -0.1) is 11.3 Å². The molecule has 0 saturated heterocycles. The molecular formula is C12H8N4O2S. The average molecular weight is 272 g/mol. The predicted octanol–water partition coefficient (Wildman–Crippen LogP) is 2.09. The molecule has 3 rings (SSSR count). The Morgan fingerprint density at radius 2 is 2.05 bits per heavy atom. The fourth-order valence-corrected chi connectivity index (χ4v) is 2.29. The van der Waals surface area contributed by atoms with Crippen molar-refractivity contribution in [3.63, 3.8) is 0 Å². The average Bonchev–Trinajstić information content (AvgIpc) is 3.08. The van der Waals surface area contributed by atoms with Crippen molar-refractivity contribution in [3.05, 3.63) is 47.9 Å². The maximum Gasteiger partial charge on any atom is 0.339 e. The van der Waals surface area contributed by atoms with E-state index in [1.807, 2.05) is 0 Å². The van der Waals surface area contributed by atoms with Crippen LogP contribution in [0.15, 0.2) is 42.3 Å². The molecule has 0 aliphatic carbocycles. The van der Waals surface area contributed by atoms with Crippen molar-refractivity contribution in [2.75, 3.05) is 0 Å². The fourth-order valence-electron chi connectivity index (χ4n) is 1.66. The number of pyridine rings is 1. The molecule has 0 spiro atoms. The molecule has 6 nitrogen and oxygen atoms in total. The van der Waals surface area contributed by atoms with Crippen molar-refractivity contribution in [2.24, 2.45) is 0 Å². The van der Waals surface area contributed by atoms with E-state index in [4.69, 9.17) is 0 Å². The van der Waals surface area contributed by atoms with Crippen molar-refractivity contribution in [3.8, 4) is 16.4 Å². The molecule has 0 atom stereocenters. The molecule has 0 aliphatic heterocycles. The first kappa shape index (κ1) is 11.5. The summed E-state index contributed by atoms with van der Waals surface area (Å²) in [5.41, 5.74) is 1.26. The van der Waals surface area contributed by atoms with E-state index in [1.54, 1.807) is 36.1 Å². The minimum atomic E-state index is -1.02. The van der Waals surface area contributed by atoms with Crippen LogP contribution in [-0.2, 0) is 0 Å². The largest absolute Gasteiger partial charge is 0.478 e. The highest BCUT2D eigenvalue weighted by atomic mass is 32.1. The van der Waals surface area contributed by atoms with Crippen molar-refractivity contribution in [2.45, 2.75) is 0 Å². The Balaban J connectivity index is 2.15. The lowest BCUT2D eigenvalue weighted by molar-refractivity contribution is 0.0697. The van der Waals surface area contributed by atoms with E-state index >= 15 is 0 Å². The molecule has 3 aromatic heterocycles. The third-order valence-electron chi connectivity index (χ3n) is 2.51. The van der Waals surface area contributed by atoms with Gasteiger partial charge in [-0.05, 0) is 12.1 Å². The minimum Gasteiger partial charge on any atom is -0.478 e. The molecule has 0 unspecified atom stereocenters. The number of carboxylic acids is 1. The zero-order chi connectivity index (χ0) is 13.2. The highest BCUT2D eigenvalue weighted by molar-refractivity contribution is 7.13. The normalized spacial score (nSPS) is 10.5. The number of carboxylic acid groups (broad SMARTS) is 1. The van der Waals surface area contributed by atoms with E-state index in [0.29, 0.717) is 10.7 Å². The third-order valence-corrected chi connectivity index (χ3v) is 3.29. The number of aromatic nitrogens is 4. The number of thiazole rings is 1. The summed E-state index contributed by atoms with van der Waals surface area (Å²) in [5, 5.41) is 15.9. The molecule has 19 heavy (non-hydrogen) atoms. The van der Waals surface area contributed by atoms with Gasteiger partial charge in [0.2, 0.25) is 0 Å². The van der Waals surface area contributed by atoms with Crippen LogP contribution < -0.4 is 0 Å². The smallest absolute Gasteiger partial charge is 0.339 e. The molecular weight excluding hydrogens is 264 g/mol. The first-order chi connectivity index (χ1) is 9.25. The van der Waals surface area contributed by atoms with E-state index < -0.39 is 5.97 Å². The number of hydrogen-bond acceptors (Lipinski definition) is 5. The molecule has 0 aromatic carbocycles. The van der Waals surface area contributed by atoms with Gasteiger partial charge in [-0.2, -0.15) is 5.10 Å². The van der Waals surface area contributed by atoms with Crippen LogP contribution in [0.4, 0.5) is 0 Å². The number of hydrogen-bond donors (Lipinski definition) is 1. The van der Waals surface area contributed by atoms with E-state index in [1.165, 1.54) is 22.2 Å². The molecule has 1 N–H and O–H groups in total. The molecule has 3 heterocycles. The molecule has 0 fully saturated rings. The Morgan fingerprint density at radius 3 is 2.68 bits per heavy atom. The summed E-state index contributed by atoms with van der Waals surface area (Å²) in [5.74, 6) is -1.02. The van der Waals surface area contributed by atoms with Crippen LogP contribution in [-0.4, -0.2) is 30.8 Å². The summed E-state index contributed by atoms with van der Waals surface area (Å²) >= 11 is 1.35. The quantitative estimate of drug-likeness (QED) is 0.789. The van der Waals surface area contributed by atoms with Crippen LogP contribution in [0.1, 0.15) is 10.4 Å². The van der Waals surface area contributed by atoms with Gasteiger partial charge in [0.1, 0.15) is 16.3 Å². The maximum atomic E-state index is 11.3. The zero-order valence-corrected chi connectivity index (χ0v) is 10.4. The molecule has 3 aromatic rings. The van der Waals surface area contributed by atoms with Gasteiger partial charge in [-0.3, -0.25) is 4.98 Å². The van der Waals surface area contributed by atoms with Crippen molar-refractivity contribution in [1.29, 1.82) is 0 Å². The van der Waals surface area contributed by atoms with Crippen molar-refractivity contribution < 1.29 is 9.90 Å². The Morgan fingerprint density at radius 1 is 1.26 bits per heavy atom.